The predicted molar refractivity (Wildman–Crippen MR) is 97.8 cm³/mol. The summed E-state index contributed by atoms with van der Waals surface area (Å²) in [6, 6.07) is 8.86. The second kappa shape index (κ2) is 9.57. The maximum Gasteiger partial charge on any atom is 0.209 e. The van der Waals surface area contributed by atoms with Crippen molar-refractivity contribution in [1.82, 2.24) is 4.72 Å². The summed E-state index contributed by atoms with van der Waals surface area (Å²) in [6.45, 7) is 0.464. The van der Waals surface area contributed by atoms with Gasteiger partial charge in [0.15, 0.2) is 0 Å². The van der Waals surface area contributed by atoms with Crippen LogP contribution in [0.3, 0.4) is 0 Å². The third kappa shape index (κ3) is 8.84. The van der Waals surface area contributed by atoms with Crippen LogP contribution in [0, 0.1) is 11.6 Å². The first kappa shape index (κ1) is 21.2. The second-order valence-corrected chi connectivity index (χ2v) is 8.52. The minimum absolute atomic E-state index is 0.0925. The highest BCUT2D eigenvalue weighted by Crippen LogP contribution is 2.15. The van der Waals surface area contributed by atoms with E-state index in [-0.39, 0.29) is 12.4 Å². The minimum Gasteiger partial charge on any atom is -0.326 e. The molecule has 0 aliphatic rings. The molecule has 2 aromatic rings. The van der Waals surface area contributed by atoms with Gasteiger partial charge in [0, 0.05) is 22.0 Å². The Hall–Kier alpha value is -0.870. The molecule has 0 radical (unpaired) electrons. The Balaban J connectivity index is 0.000000254. The van der Waals surface area contributed by atoms with Crippen LogP contribution in [-0.4, -0.2) is 14.7 Å². The largest absolute Gasteiger partial charge is 0.326 e. The van der Waals surface area contributed by atoms with E-state index >= 15 is 0 Å². The molecule has 0 saturated heterocycles. The summed E-state index contributed by atoms with van der Waals surface area (Å²) in [5.41, 5.74) is 6.67. The zero-order valence-corrected chi connectivity index (χ0v) is 16.7. The molecule has 24 heavy (non-hydrogen) atoms. The summed E-state index contributed by atoms with van der Waals surface area (Å²) in [7, 11) is -3.24. The number of rotatable bonds is 4. The summed E-state index contributed by atoms with van der Waals surface area (Å²) < 4.78 is 50.5. The first-order valence-corrected chi connectivity index (χ1v) is 10.1. The lowest BCUT2D eigenvalue weighted by molar-refractivity contribution is 0.586. The molecule has 132 valence electrons. The molecular weight excluding hydrogens is 470 g/mol. The summed E-state index contributed by atoms with van der Waals surface area (Å²) in [5.74, 6) is -0.653. The average Bonchev–Trinajstić information content (AvgIpc) is 2.43. The zero-order chi connectivity index (χ0) is 18.3. The SMILES string of the molecule is CS(=O)(=O)NCc1cc(F)cc(Br)c1.NCc1cc(F)cc(Br)c1. The highest BCUT2D eigenvalue weighted by Gasteiger charge is 2.03. The van der Waals surface area contributed by atoms with Crippen molar-refractivity contribution in [3.05, 3.63) is 68.1 Å². The van der Waals surface area contributed by atoms with Crippen LogP contribution in [0.4, 0.5) is 8.78 Å². The number of nitrogens with one attached hydrogen (secondary N) is 1. The molecule has 2 aromatic carbocycles. The molecule has 4 nitrogen and oxygen atoms in total. The molecule has 0 bridgehead atoms. The Labute approximate surface area is 156 Å². The van der Waals surface area contributed by atoms with Crippen LogP contribution in [0.2, 0.25) is 0 Å². The molecule has 0 heterocycles. The summed E-state index contributed by atoms with van der Waals surface area (Å²) in [5, 5.41) is 0. The van der Waals surface area contributed by atoms with Crippen molar-refractivity contribution in [2.45, 2.75) is 13.1 Å². The molecule has 2 rings (SSSR count). The smallest absolute Gasteiger partial charge is 0.209 e. The van der Waals surface area contributed by atoms with Crippen molar-refractivity contribution in [2.75, 3.05) is 6.26 Å². The third-order valence-electron chi connectivity index (χ3n) is 2.62. The molecule has 0 saturated carbocycles. The van der Waals surface area contributed by atoms with Gasteiger partial charge < -0.3 is 5.73 Å². The fraction of sp³-hybridized carbons (Fsp3) is 0.200. The van der Waals surface area contributed by atoms with E-state index in [0.717, 1.165) is 16.3 Å². The van der Waals surface area contributed by atoms with Gasteiger partial charge in [0.05, 0.1) is 6.26 Å². The molecular formula is C15H16Br2F2N2O2S. The van der Waals surface area contributed by atoms with Crippen molar-refractivity contribution in [3.63, 3.8) is 0 Å². The van der Waals surface area contributed by atoms with Gasteiger partial charge in [0.25, 0.3) is 0 Å². The second-order valence-electron chi connectivity index (χ2n) is 4.85. The van der Waals surface area contributed by atoms with Crippen LogP contribution in [0.25, 0.3) is 0 Å². The lowest BCUT2D eigenvalue weighted by Crippen LogP contribution is -2.21. The Bertz CT molecular complexity index is 762. The topological polar surface area (TPSA) is 72.2 Å². The number of nitrogens with two attached hydrogens (primary N) is 1. The molecule has 0 spiro atoms. The van der Waals surface area contributed by atoms with E-state index in [1.165, 1.54) is 24.3 Å². The average molecular weight is 486 g/mol. The molecule has 0 atom stereocenters. The number of hydrogen-bond donors (Lipinski definition) is 2. The van der Waals surface area contributed by atoms with Crippen molar-refractivity contribution < 1.29 is 17.2 Å². The summed E-state index contributed by atoms with van der Waals surface area (Å²) in [6.07, 6.45) is 1.06. The number of halogens is 4. The predicted octanol–water partition coefficient (Wildman–Crippen LogP) is 3.68. The molecule has 0 aliphatic carbocycles. The van der Waals surface area contributed by atoms with E-state index in [4.69, 9.17) is 5.73 Å². The Morgan fingerprint density at radius 1 is 0.958 bits per heavy atom. The normalized spacial score (nSPS) is 10.9. The molecule has 3 N–H and O–H groups in total. The Morgan fingerprint density at radius 2 is 1.42 bits per heavy atom. The van der Waals surface area contributed by atoms with Gasteiger partial charge in [-0.15, -0.1) is 0 Å². The van der Waals surface area contributed by atoms with Crippen molar-refractivity contribution >= 4 is 41.9 Å². The van der Waals surface area contributed by atoms with Crippen LogP contribution in [0.15, 0.2) is 45.3 Å². The molecule has 0 amide bonds. The van der Waals surface area contributed by atoms with E-state index in [1.807, 2.05) is 0 Å². The van der Waals surface area contributed by atoms with Gasteiger partial charge in [0.1, 0.15) is 11.6 Å². The van der Waals surface area contributed by atoms with E-state index in [2.05, 4.69) is 36.6 Å². The maximum atomic E-state index is 12.8. The van der Waals surface area contributed by atoms with Crippen molar-refractivity contribution in [2.24, 2.45) is 5.73 Å². The lowest BCUT2D eigenvalue weighted by Gasteiger charge is -2.03. The van der Waals surface area contributed by atoms with Crippen molar-refractivity contribution in [3.8, 4) is 0 Å². The minimum atomic E-state index is -3.24. The third-order valence-corrected chi connectivity index (χ3v) is 4.20. The van der Waals surface area contributed by atoms with Gasteiger partial charge in [-0.25, -0.2) is 21.9 Å². The zero-order valence-electron chi connectivity index (χ0n) is 12.7. The summed E-state index contributed by atoms with van der Waals surface area (Å²) >= 11 is 6.27. The van der Waals surface area contributed by atoms with Gasteiger partial charge >= 0.3 is 0 Å². The van der Waals surface area contributed by atoms with E-state index in [9.17, 15) is 17.2 Å². The van der Waals surface area contributed by atoms with E-state index in [1.54, 1.807) is 12.1 Å². The van der Waals surface area contributed by atoms with E-state index in [0.29, 0.717) is 16.6 Å². The van der Waals surface area contributed by atoms with Gasteiger partial charge in [-0.2, -0.15) is 0 Å². The van der Waals surface area contributed by atoms with Gasteiger partial charge in [0.2, 0.25) is 10.0 Å². The van der Waals surface area contributed by atoms with E-state index < -0.39 is 15.8 Å². The number of sulfonamides is 1. The van der Waals surface area contributed by atoms with Crippen LogP contribution < -0.4 is 10.5 Å². The fourth-order valence-corrected chi connectivity index (χ4v) is 3.11. The first-order chi connectivity index (χ1) is 11.1. The monoisotopic (exact) mass is 484 g/mol. The quantitative estimate of drug-likeness (QED) is 0.693. The highest BCUT2D eigenvalue weighted by molar-refractivity contribution is 9.10. The highest BCUT2D eigenvalue weighted by atomic mass is 79.9. The lowest BCUT2D eigenvalue weighted by atomic mass is 10.2. The van der Waals surface area contributed by atoms with Gasteiger partial charge in [-0.05, 0) is 47.5 Å². The van der Waals surface area contributed by atoms with Crippen LogP contribution in [0.5, 0.6) is 0 Å². The Morgan fingerprint density at radius 3 is 1.83 bits per heavy atom. The fourth-order valence-electron chi connectivity index (χ4n) is 1.66. The Kier molecular flexibility index (Phi) is 8.44. The molecule has 0 aliphatic heterocycles. The first-order valence-electron chi connectivity index (χ1n) is 6.63. The number of hydrogen-bond acceptors (Lipinski definition) is 3. The number of benzene rings is 2. The van der Waals surface area contributed by atoms with Gasteiger partial charge in [-0.1, -0.05) is 31.9 Å². The van der Waals surface area contributed by atoms with Crippen LogP contribution in [0.1, 0.15) is 11.1 Å². The van der Waals surface area contributed by atoms with Crippen LogP contribution in [-0.2, 0) is 23.1 Å². The maximum absolute atomic E-state index is 12.8. The molecule has 0 aromatic heterocycles. The molecule has 0 unspecified atom stereocenters. The summed E-state index contributed by atoms with van der Waals surface area (Å²) in [4.78, 5) is 0. The van der Waals surface area contributed by atoms with Crippen LogP contribution >= 0.6 is 31.9 Å². The van der Waals surface area contributed by atoms with Crippen molar-refractivity contribution in [1.29, 1.82) is 0 Å². The van der Waals surface area contributed by atoms with Gasteiger partial charge in [-0.3, -0.25) is 0 Å². The molecule has 9 heteroatoms. The standard InChI is InChI=1S/C8H9BrFNO2S.C7H7BrFN/c1-14(12,13)11-5-6-2-7(9)4-8(10)3-6;8-6-1-5(4-10)2-7(9)3-6/h2-4,11H,5H2,1H3;1-3H,4,10H2. The molecule has 0 fully saturated rings.